The van der Waals surface area contributed by atoms with Crippen molar-refractivity contribution in [1.82, 2.24) is 14.6 Å². The third kappa shape index (κ3) is 4.50. The first-order valence-electron chi connectivity index (χ1n) is 9.69. The van der Waals surface area contributed by atoms with Gasteiger partial charge in [0.2, 0.25) is 15.9 Å². The highest BCUT2D eigenvalue weighted by Crippen LogP contribution is 2.32. The maximum absolute atomic E-state index is 13.0. The topological polar surface area (TPSA) is 103 Å². The van der Waals surface area contributed by atoms with Crippen LogP contribution in [0.15, 0.2) is 34.5 Å². The molecule has 152 valence electrons. The van der Waals surface area contributed by atoms with Crippen LogP contribution in [0.1, 0.15) is 47.9 Å². The molecule has 2 fully saturated rings. The minimum Gasteiger partial charge on any atom is -0.350 e. The number of nitrogens with one attached hydrogen (secondary N) is 1. The summed E-state index contributed by atoms with van der Waals surface area (Å²) in [4.78, 5) is 16.6. The van der Waals surface area contributed by atoms with Gasteiger partial charge >= 0.3 is 0 Å². The molecule has 2 aromatic rings. The van der Waals surface area contributed by atoms with Gasteiger partial charge < -0.3 is 5.32 Å². The van der Waals surface area contributed by atoms with E-state index >= 15 is 0 Å². The van der Waals surface area contributed by atoms with Crippen molar-refractivity contribution in [2.24, 2.45) is 5.92 Å². The van der Waals surface area contributed by atoms with E-state index in [1.54, 1.807) is 0 Å². The fourth-order valence-electron chi connectivity index (χ4n) is 3.47. The van der Waals surface area contributed by atoms with Crippen LogP contribution in [0.4, 0.5) is 0 Å². The number of aromatic nitrogens is 1. The molecule has 2 aliphatic rings. The van der Waals surface area contributed by atoms with Gasteiger partial charge in [-0.3, -0.25) is 4.79 Å². The summed E-state index contributed by atoms with van der Waals surface area (Å²) in [5, 5.41) is 14.7. The zero-order chi connectivity index (χ0) is 20.4. The van der Waals surface area contributed by atoms with Gasteiger partial charge in [0.05, 0.1) is 33.8 Å². The number of piperidine rings is 1. The van der Waals surface area contributed by atoms with E-state index in [9.17, 15) is 13.2 Å². The number of sulfonamides is 1. The van der Waals surface area contributed by atoms with Crippen molar-refractivity contribution < 1.29 is 13.2 Å². The number of carbonyl (C=O) groups excluding carboxylic acids is 1. The number of rotatable bonds is 6. The van der Waals surface area contributed by atoms with Crippen LogP contribution >= 0.6 is 11.3 Å². The van der Waals surface area contributed by atoms with Gasteiger partial charge in [0, 0.05) is 30.3 Å². The van der Waals surface area contributed by atoms with Gasteiger partial charge in [-0.05, 0) is 49.9 Å². The number of thiazole rings is 1. The van der Waals surface area contributed by atoms with Gasteiger partial charge in [0.1, 0.15) is 0 Å². The lowest BCUT2D eigenvalue weighted by molar-refractivity contribution is -0.122. The highest BCUT2D eigenvalue weighted by Gasteiger charge is 2.32. The second-order valence-corrected chi connectivity index (χ2v) is 10.3. The minimum absolute atomic E-state index is 0.0507. The van der Waals surface area contributed by atoms with Crippen molar-refractivity contribution >= 4 is 27.3 Å². The van der Waals surface area contributed by atoms with E-state index in [4.69, 9.17) is 5.26 Å². The van der Waals surface area contributed by atoms with E-state index in [2.05, 4.69) is 10.3 Å². The average Bonchev–Trinajstić information content (AvgIpc) is 3.50. The van der Waals surface area contributed by atoms with Gasteiger partial charge in [0.25, 0.3) is 0 Å². The van der Waals surface area contributed by atoms with Crippen molar-refractivity contribution in [3.8, 4) is 6.07 Å². The van der Waals surface area contributed by atoms with Crippen LogP contribution in [0.3, 0.4) is 0 Å². The standard InChI is InChI=1S/C20H22N4O3S2/c21-10-14-3-7-18(8-4-14)29(26,27)24-9-1-2-16(12-24)20-23-17(13-28-20)11-22-19(25)15-5-6-15/h3-4,7-8,13,15-16H,1-2,5-6,9,11-12H2,(H,22,25)/t16-/m1/s1. The molecule has 1 saturated heterocycles. The lowest BCUT2D eigenvalue weighted by Crippen LogP contribution is -2.39. The lowest BCUT2D eigenvalue weighted by Gasteiger charge is -2.31. The smallest absolute Gasteiger partial charge is 0.243 e. The third-order valence-corrected chi connectivity index (χ3v) is 8.25. The van der Waals surface area contributed by atoms with E-state index in [1.807, 2.05) is 11.4 Å². The molecule has 0 bridgehead atoms. The van der Waals surface area contributed by atoms with Crippen molar-refractivity contribution in [3.63, 3.8) is 0 Å². The molecule has 1 aromatic carbocycles. The van der Waals surface area contributed by atoms with E-state index < -0.39 is 10.0 Å². The molecular weight excluding hydrogens is 408 g/mol. The Balaban J connectivity index is 1.42. The molecule has 1 N–H and O–H groups in total. The Morgan fingerprint density at radius 3 is 2.72 bits per heavy atom. The molecule has 1 atom stereocenters. The van der Waals surface area contributed by atoms with Crippen LogP contribution in [-0.2, 0) is 21.4 Å². The number of nitrogens with zero attached hydrogens (tertiary/aromatic N) is 3. The molecule has 1 saturated carbocycles. The Kier molecular flexibility index (Phi) is 5.67. The Labute approximate surface area is 174 Å². The van der Waals surface area contributed by atoms with Gasteiger partial charge in [-0.2, -0.15) is 9.57 Å². The van der Waals surface area contributed by atoms with Crippen LogP contribution < -0.4 is 5.32 Å². The van der Waals surface area contributed by atoms with Crippen LogP contribution in [0.25, 0.3) is 0 Å². The zero-order valence-corrected chi connectivity index (χ0v) is 17.5. The first kappa shape index (κ1) is 20.0. The minimum atomic E-state index is -3.60. The first-order chi connectivity index (χ1) is 14.0. The second kappa shape index (κ2) is 8.22. The molecule has 4 rings (SSSR count). The summed E-state index contributed by atoms with van der Waals surface area (Å²) >= 11 is 1.53. The summed E-state index contributed by atoms with van der Waals surface area (Å²) in [6.45, 7) is 1.30. The highest BCUT2D eigenvalue weighted by molar-refractivity contribution is 7.89. The summed E-state index contributed by atoms with van der Waals surface area (Å²) in [7, 11) is -3.60. The van der Waals surface area contributed by atoms with Crippen LogP contribution in [0.2, 0.25) is 0 Å². The molecule has 1 aromatic heterocycles. The average molecular weight is 431 g/mol. The van der Waals surface area contributed by atoms with E-state index in [0.717, 1.165) is 36.4 Å². The molecule has 0 radical (unpaired) electrons. The number of benzene rings is 1. The van der Waals surface area contributed by atoms with Gasteiger partial charge in [-0.15, -0.1) is 11.3 Å². The Morgan fingerprint density at radius 2 is 2.03 bits per heavy atom. The molecule has 2 heterocycles. The molecule has 1 aliphatic carbocycles. The summed E-state index contributed by atoms with van der Waals surface area (Å²) in [6, 6.07) is 8.03. The van der Waals surface area contributed by atoms with Crippen molar-refractivity contribution in [2.45, 2.75) is 43.0 Å². The SMILES string of the molecule is N#Cc1ccc(S(=O)(=O)N2CCC[C@@H](c3nc(CNC(=O)C4CC4)cs3)C2)cc1. The lowest BCUT2D eigenvalue weighted by atomic mass is 10.0. The number of hydrogen-bond acceptors (Lipinski definition) is 6. The number of nitriles is 1. The maximum atomic E-state index is 13.0. The Morgan fingerprint density at radius 1 is 1.28 bits per heavy atom. The quantitative estimate of drug-likeness (QED) is 0.759. The maximum Gasteiger partial charge on any atom is 0.243 e. The van der Waals surface area contributed by atoms with E-state index in [-0.39, 0.29) is 22.6 Å². The van der Waals surface area contributed by atoms with E-state index in [0.29, 0.717) is 25.2 Å². The molecule has 1 amide bonds. The molecule has 9 heteroatoms. The van der Waals surface area contributed by atoms with Gasteiger partial charge in [-0.1, -0.05) is 0 Å². The molecule has 7 nitrogen and oxygen atoms in total. The van der Waals surface area contributed by atoms with Crippen LogP contribution in [0.5, 0.6) is 0 Å². The van der Waals surface area contributed by atoms with E-state index in [1.165, 1.54) is 39.9 Å². The summed E-state index contributed by atoms with van der Waals surface area (Å²) < 4.78 is 27.5. The van der Waals surface area contributed by atoms with Crippen molar-refractivity contribution in [2.75, 3.05) is 13.1 Å². The molecule has 0 unspecified atom stereocenters. The molecule has 1 aliphatic heterocycles. The van der Waals surface area contributed by atoms with Crippen LogP contribution in [-0.4, -0.2) is 36.7 Å². The monoisotopic (exact) mass is 430 g/mol. The molecule has 29 heavy (non-hydrogen) atoms. The predicted octanol–water partition coefficient (Wildman–Crippen LogP) is 2.61. The van der Waals surface area contributed by atoms with Gasteiger partial charge in [0.15, 0.2) is 0 Å². The summed E-state index contributed by atoms with van der Waals surface area (Å²) in [5.74, 6) is 0.319. The predicted molar refractivity (Wildman–Crippen MR) is 109 cm³/mol. The Hall–Kier alpha value is -2.28. The molecular formula is C20H22N4O3S2. The summed E-state index contributed by atoms with van der Waals surface area (Å²) in [5.41, 5.74) is 1.26. The molecule has 0 spiro atoms. The number of hydrogen-bond donors (Lipinski definition) is 1. The second-order valence-electron chi connectivity index (χ2n) is 7.51. The summed E-state index contributed by atoms with van der Waals surface area (Å²) in [6.07, 6.45) is 3.60. The zero-order valence-electron chi connectivity index (χ0n) is 15.9. The third-order valence-electron chi connectivity index (χ3n) is 5.32. The van der Waals surface area contributed by atoms with Crippen molar-refractivity contribution in [1.29, 1.82) is 5.26 Å². The van der Waals surface area contributed by atoms with Crippen molar-refractivity contribution in [3.05, 3.63) is 45.9 Å². The fourth-order valence-corrected chi connectivity index (χ4v) is 5.94. The Bertz CT molecular complexity index is 1040. The number of carbonyl (C=O) groups is 1. The largest absolute Gasteiger partial charge is 0.350 e. The first-order valence-corrected chi connectivity index (χ1v) is 12.0. The normalized spacial score (nSPS) is 20.2. The number of amides is 1. The van der Waals surface area contributed by atoms with Gasteiger partial charge in [-0.25, -0.2) is 13.4 Å². The highest BCUT2D eigenvalue weighted by atomic mass is 32.2. The van der Waals surface area contributed by atoms with Crippen LogP contribution in [0, 0.1) is 17.2 Å². The fraction of sp³-hybridized carbons (Fsp3) is 0.450.